The fourth-order valence-electron chi connectivity index (χ4n) is 2.10. The van der Waals surface area contributed by atoms with E-state index < -0.39 is 29.2 Å². The van der Waals surface area contributed by atoms with Gasteiger partial charge < -0.3 is 4.74 Å². The van der Waals surface area contributed by atoms with Crippen molar-refractivity contribution >= 4 is 5.78 Å². The number of Topliss-reactive ketones (excluding diaryl/α,β-unsaturated/α-hetero) is 1. The van der Waals surface area contributed by atoms with Crippen LogP contribution < -0.4 is 0 Å². The summed E-state index contributed by atoms with van der Waals surface area (Å²) in [6.07, 6.45) is -0.584. The summed E-state index contributed by atoms with van der Waals surface area (Å²) in [5.41, 5.74) is -1.08. The molecule has 1 atom stereocenters. The van der Waals surface area contributed by atoms with E-state index in [4.69, 9.17) is 4.74 Å². The van der Waals surface area contributed by atoms with Crippen LogP contribution in [0.4, 0.5) is 13.2 Å². The highest BCUT2D eigenvalue weighted by molar-refractivity contribution is 5.94. The van der Waals surface area contributed by atoms with Crippen molar-refractivity contribution in [3.05, 3.63) is 35.1 Å². The maximum atomic E-state index is 14.1. The van der Waals surface area contributed by atoms with Gasteiger partial charge in [-0.25, -0.2) is 4.39 Å². The number of carbonyl (C=O) groups excluding carboxylic acids is 1. The molecule has 1 heterocycles. The molecule has 0 saturated carbocycles. The quantitative estimate of drug-likeness (QED) is 0.777. The minimum absolute atomic E-state index is 0.191. The number of ether oxygens (including phenoxy) is 1. The predicted molar refractivity (Wildman–Crippen MR) is 59.3 cm³/mol. The summed E-state index contributed by atoms with van der Waals surface area (Å²) in [5, 5.41) is 0. The molecule has 2 rings (SSSR count). The van der Waals surface area contributed by atoms with E-state index in [-0.39, 0.29) is 18.6 Å². The van der Waals surface area contributed by atoms with Crippen molar-refractivity contribution < 1.29 is 22.7 Å². The number of ketones is 1. The summed E-state index contributed by atoms with van der Waals surface area (Å²) >= 11 is 0. The molecule has 1 unspecified atom stereocenters. The van der Waals surface area contributed by atoms with Crippen LogP contribution in [0.3, 0.4) is 0 Å². The van der Waals surface area contributed by atoms with E-state index in [1.165, 1.54) is 12.1 Å². The zero-order valence-electron chi connectivity index (χ0n) is 9.88. The van der Waals surface area contributed by atoms with E-state index >= 15 is 0 Å². The first-order valence-corrected chi connectivity index (χ1v) is 5.74. The van der Waals surface area contributed by atoms with Crippen LogP contribution in [-0.4, -0.2) is 18.5 Å². The molecule has 0 aromatic heterocycles. The Morgan fingerprint density at radius 2 is 2.17 bits per heavy atom. The van der Waals surface area contributed by atoms with Crippen LogP contribution in [-0.2, 0) is 10.7 Å². The van der Waals surface area contributed by atoms with Gasteiger partial charge in [0.05, 0.1) is 11.1 Å². The molecule has 0 aliphatic carbocycles. The minimum atomic E-state index is -3.41. The van der Waals surface area contributed by atoms with Crippen molar-refractivity contribution in [1.29, 1.82) is 0 Å². The number of hydrogen-bond acceptors (Lipinski definition) is 2. The molecular weight excluding hydrogens is 245 g/mol. The van der Waals surface area contributed by atoms with Crippen LogP contribution >= 0.6 is 0 Å². The molecule has 1 aromatic rings. The minimum Gasteiger partial charge on any atom is -0.372 e. The highest BCUT2D eigenvalue weighted by atomic mass is 19.3. The fraction of sp³-hybridized carbons (Fsp3) is 0.462. The summed E-state index contributed by atoms with van der Waals surface area (Å²) in [6, 6.07) is 3.47. The van der Waals surface area contributed by atoms with Gasteiger partial charge in [0.2, 0.25) is 0 Å². The Labute approximate surface area is 103 Å². The van der Waals surface area contributed by atoms with Gasteiger partial charge in [0, 0.05) is 6.61 Å². The monoisotopic (exact) mass is 258 g/mol. The lowest BCUT2D eigenvalue weighted by atomic mass is 9.97. The second-order valence-corrected chi connectivity index (χ2v) is 4.35. The Morgan fingerprint density at radius 3 is 2.72 bits per heavy atom. The van der Waals surface area contributed by atoms with Crippen molar-refractivity contribution in [2.75, 3.05) is 6.61 Å². The van der Waals surface area contributed by atoms with Gasteiger partial charge in [-0.15, -0.1) is 0 Å². The first-order chi connectivity index (χ1) is 8.44. The molecule has 5 heteroatoms. The van der Waals surface area contributed by atoms with Crippen LogP contribution in [0, 0.1) is 5.82 Å². The Morgan fingerprint density at radius 1 is 1.44 bits per heavy atom. The Balaban J connectivity index is 2.43. The average molecular weight is 258 g/mol. The van der Waals surface area contributed by atoms with E-state index in [2.05, 4.69) is 0 Å². The molecule has 1 aromatic carbocycles. The zero-order valence-corrected chi connectivity index (χ0v) is 9.88. The van der Waals surface area contributed by atoms with Crippen molar-refractivity contribution in [2.45, 2.75) is 31.8 Å². The second kappa shape index (κ2) is 4.72. The first kappa shape index (κ1) is 13.1. The number of hydrogen-bond donors (Lipinski definition) is 0. The van der Waals surface area contributed by atoms with Crippen molar-refractivity contribution in [3.63, 3.8) is 0 Å². The summed E-state index contributed by atoms with van der Waals surface area (Å²) in [6.45, 7) is 1.40. The number of alkyl halides is 2. The van der Waals surface area contributed by atoms with Crippen molar-refractivity contribution in [2.24, 2.45) is 0 Å². The molecule has 0 amide bonds. The summed E-state index contributed by atoms with van der Waals surface area (Å²) in [4.78, 5) is 11.2. The van der Waals surface area contributed by atoms with Gasteiger partial charge in [-0.2, -0.15) is 8.78 Å². The third-order valence-corrected chi connectivity index (χ3v) is 3.07. The van der Waals surface area contributed by atoms with Gasteiger partial charge in [-0.05, 0) is 31.9 Å². The van der Waals surface area contributed by atoms with Gasteiger partial charge in [0.1, 0.15) is 11.9 Å². The molecule has 18 heavy (non-hydrogen) atoms. The summed E-state index contributed by atoms with van der Waals surface area (Å²) < 4.78 is 47.0. The third kappa shape index (κ3) is 2.14. The molecule has 0 spiro atoms. The van der Waals surface area contributed by atoms with Gasteiger partial charge in [-0.1, -0.05) is 6.07 Å². The summed E-state index contributed by atoms with van der Waals surface area (Å²) in [5.74, 6) is -5.13. The topological polar surface area (TPSA) is 26.3 Å². The Hall–Kier alpha value is -1.36. The average Bonchev–Trinajstić information content (AvgIpc) is 2.82. The largest absolute Gasteiger partial charge is 0.372 e. The number of rotatable bonds is 3. The second-order valence-electron chi connectivity index (χ2n) is 4.35. The molecule has 1 aliphatic heterocycles. The molecule has 0 radical (unpaired) electrons. The van der Waals surface area contributed by atoms with Crippen LogP contribution in [0.1, 0.15) is 35.7 Å². The van der Waals surface area contributed by atoms with E-state index in [1.807, 2.05) is 0 Å². The van der Waals surface area contributed by atoms with Crippen LogP contribution in [0.2, 0.25) is 0 Å². The fourth-order valence-corrected chi connectivity index (χ4v) is 2.10. The number of carbonyl (C=O) groups is 1. The lowest BCUT2D eigenvalue weighted by Crippen LogP contribution is -2.31. The normalized spacial score (nSPS) is 20.1. The van der Waals surface area contributed by atoms with Crippen molar-refractivity contribution in [1.82, 2.24) is 0 Å². The molecule has 1 aliphatic rings. The van der Waals surface area contributed by atoms with Gasteiger partial charge in [-0.3, -0.25) is 4.79 Å². The molecule has 0 bridgehead atoms. The smallest absolute Gasteiger partial charge is 0.301 e. The maximum absolute atomic E-state index is 14.1. The lowest BCUT2D eigenvalue weighted by molar-refractivity contribution is -0.124. The Kier molecular flexibility index (Phi) is 3.43. The molecule has 0 N–H and O–H groups in total. The molecule has 2 nitrogen and oxygen atoms in total. The van der Waals surface area contributed by atoms with E-state index in [9.17, 15) is 18.0 Å². The number of benzene rings is 1. The molecule has 98 valence electrons. The first-order valence-electron chi connectivity index (χ1n) is 5.74. The Bertz CT molecular complexity index is 465. The third-order valence-electron chi connectivity index (χ3n) is 3.07. The van der Waals surface area contributed by atoms with Gasteiger partial charge in [0.15, 0.2) is 5.78 Å². The summed E-state index contributed by atoms with van der Waals surface area (Å²) in [7, 11) is 0. The number of halogens is 3. The highest BCUT2D eigenvalue weighted by Gasteiger charge is 2.46. The maximum Gasteiger partial charge on any atom is 0.301 e. The van der Waals surface area contributed by atoms with Gasteiger partial charge in [0.25, 0.3) is 0 Å². The molecular formula is C13H13F3O2. The predicted octanol–water partition coefficient (Wildman–Crippen LogP) is 3.30. The van der Waals surface area contributed by atoms with E-state index in [0.717, 1.165) is 13.0 Å². The highest BCUT2D eigenvalue weighted by Crippen LogP contribution is 2.39. The van der Waals surface area contributed by atoms with Crippen LogP contribution in [0.25, 0.3) is 0 Å². The lowest BCUT2D eigenvalue weighted by Gasteiger charge is -2.23. The van der Waals surface area contributed by atoms with E-state index in [1.54, 1.807) is 0 Å². The van der Waals surface area contributed by atoms with Crippen LogP contribution in [0.5, 0.6) is 0 Å². The van der Waals surface area contributed by atoms with Gasteiger partial charge >= 0.3 is 5.92 Å². The SMILES string of the molecule is CC(=O)c1cccc(C(F)(F)C2CCCO2)c1F. The standard InChI is InChI=1S/C13H13F3O2/c1-8(17)9-4-2-5-10(12(9)14)13(15,16)11-6-3-7-18-11/h2,4-5,11H,3,6-7H2,1H3. The van der Waals surface area contributed by atoms with Crippen molar-refractivity contribution in [3.8, 4) is 0 Å². The van der Waals surface area contributed by atoms with Crippen LogP contribution in [0.15, 0.2) is 18.2 Å². The molecule has 1 fully saturated rings. The zero-order chi connectivity index (χ0) is 13.3. The molecule has 1 saturated heterocycles. The van der Waals surface area contributed by atoms with E-state index in [0.29, 0.717) is 6.42 Å².